The Morgan fingerprint density at radius 2 is 1.71 bits per heavy atom. The smallest absolute Gasteiger partial charge is 0.118 e. The zero-order valence-corrected chi connectivity index (χ0v) is 14.0. The van der Waals surface area contributed by atoms with Gasteiger partial charge in [-0.2, -0.15) is 0 Å². The van der Waals surface area contributed by atoms with Gasteiger partial charge >= 0.3 is 0 Å². The van der Waals surface area contributed by atoms with Crippen molar-refractivity contribution in [2.45, 2.75) is 11.8 Å². The van der Waals surface area contributed by atoms with Gasteiger partial charge in [0.15, 0.2) is 0 Å². The molecule has 0 aromatic heterocycles. The highest BCUT2D eigenvalue weighted by atomic mass is 32.2. The van der Waals surface area contributed by atoms with E-state index in [1.54, 1.807) is 7.11 Å². The molecule has 110 valence electrons. The van der Waals surface area contributed by atoms with Crippen LogP contribution < -0.4 is 4.74 Å². The number of ether oxygens (including phenoxy) is 1. The standard InChI is InChI=1S/C17H18O2S2/c1-13-4-10-16(11-5-13)21(18)17(20-3)12-14-6-8-15(19-2)9-7-14/h4-12H,1-3H3/b17-12-/t21-/m1/s1. The molecule has 4 heteroatoms. The molecule has 0 saturated heterocycles. The molecule has 2 aromatic rings. The van der Waals surface area contributed by atoms with E-state index in [-0.39, 0.29) is 0 Å². The van der Waals surface area contributed by atoms with Crippen LogP contribution in [0.1, 0.15) is 11.1 Å². The van der Waals surface area contributed by atoms with E-state index in [1.165, 1.54) is 17.3 Å². The SMILES string of the molecule is COc1ccc(/C=C(/SC)[S@](=O)c2ccc(C)cc2)cc1. The highest BCUT2D eigenvalue weighted by Gasteiger charge is 2.09. The first kappa shape index (κ1) is 15.9. The van der Waals surface area contributed by atoms with Crippen molar-refractivity contribution in [1.29, 1.82) is 0 Å². The molecule has 0 radical (unpaired) electrons. The lowest BCUT2D eigenvalue weighted by molar-refractivity contribution is 0.415. The van der Waals surface area contributed by atoms with Gasteiger partial charge in [-0.05, 0) is 49.1 Å². The number of thioether (sulfide) groups is 1. The summed E-state index contributed by atoms with van der Waals surface area (Å²) >= 11 is 1.51. The van der Waals surface area contributed by atoms with Crippen molar-refractivity contribution in [1.82, 2.24) is 0 Å². The van der Waals surface area contributed by atoms with Crippen molar-refractivity contribution in [3.05, 3.63) is 63.9 Å². The predicted octanol–water partition coefficient (Wildman–Crippen LogP) is 4.47. The summed E-state index contributed by atoms with van der Waals surface area (Å²) in [6.07, 6.45) is 3.90. The van der Waals surface area contributed by atoms with Crippen LogP contribution in [0.2, 0.25) is 0 Å². The first-order valence-corrected chi connectivity index (χ1v) is 8.89. The third-order valence-corrected chi connectivity index (χ3v) is 5.68. The molecule has 21 heavy (non-hydrogen) atoms. The second kappa shape index (κ2) is 7.48. The summed E-state index contributed by atoms with van der Waals surface area (Å²) in [5, 5.41) is 0. The number of aryl methyl sites for hydroxylation is 1. The van der Waals surface area contributed by atoms with Gasteiger partial charge in [0, 0.05) is 4.90 Å². The zero-order valence-electron chi connectivity index (χ0n) is 12.3. The van der Waals surface area contributed by atoms with Crippen molar-refractivity contribution in [3.63, 3.8) is 0 Å². The third-order valence-electron chi connectivity index (χ3n) is 3.02. The Kier molecular flexibility index (Phi) is 5.65. The summed E-state index contributed by atoms with van der Waals surface area (Å²) in [6.45, 7) is 2.02. The summed E-state index contributed by atoms with van der Waals surface area (Å²) in [6, 6.07) is 15.5. The summed E-state index contributed by atoms with van der Waals surface area (Å²) in [5.74, 6) is 0.817. The van der Waals surface area contributed by atoms with Crippen molar-refractivity contribution in [3.8, 4) is 5.75 Å². The van der Waals surface area contributed by atoms with Gasteiger partial charge in [0.2, 0.25) is 0 Å². The minimum absolute atomic E-state index is 0.817. The lowest BCUT2D eigenvalue weighted by atomic mass is 10.2. The highest BCUT2D eigenvalue weighted by Crippen LogP contribution is 2.26. The van der Waals surface area contributed by atoms with Crippen molar-refractivity contribution in [2.75, 3.05) is 13.4 Å². The van der Waals surface area contributed by atoms with Crippen LogP contribution in [0.15, 0.2) is 57.7 Å². The number of rotatable bonds is 5. The van der Waals surface area contributed by atoms with E-state index < -0.39 is 10.8 Å². The third kappa shape index (κ3) is 4.22. The Balaban J connectivity index is 2.26. The van der Waals surface area contributed by atoms with Gasteiger partial charge in [-0.1, -0.05) is 29.8 Å². The van der Waals surface area contributed by atoms with Crippen LogP contribution in [0.4, 0.5) is 0 Å². The monoisotopic (exact) mass is 318 g/mol. The average Bonchev–Trinajstić information content (AvgIpc) is 2.53. The average molecular weight is 318 g/mol. The zero-order chi connectivity index (χ0) is 15.2. The molecule has 0 saturated carbocycles. The lowest BCUT2D eigenvalue weighted by Crippen LogP contribution is -1.93. The van der Waals surface area contributed by atoms with E-state index in [4.69, 9.17) is 4.74 Å². The molecular weight excluding hydrogens is 300 g/mol. The fraction of sp³-hybridized carbons (Fsp3) is 0.176. The molecule has 2 rings (SSSR count). The highest BCUT2D eigenvalue weighted by molar-refractivity contribution is 8.16. The van der Waals surface area contributed by atoms with Gasteiger partial charge in [-0.15, -0.1) is 11.8 Å². The Hall–Kier alpha value is -1.52. The lowest BCUT2D eigenvalue weighted by Gasteiger charge is -2.06. The van der Waals surface area contributed by atoms with Crippen LogP contribution in [-0.4, -0.2) is 17.6 Å². The summed E-state index contributed by atoms with van der Waals surface area (Å²) in [7, 11) is 0.499. The second-order valence-electron chi connectivity index (χ2n) is 4.52. The second-order valence-corrected chi connectivity index (χ2v) is 7.08. The van der Waals surface area contributed by atoms with Crippen LogP contribution in [0.5, 0.6) is 5.75 Å². The van der Waals surface area contributed by atoms with Crippen LogP contribution >= 0.6 is 11.8 Å². The van der Waals surface area contributed by atoms with Crippen molar-refractivity contribution in [2.24, 2.45) is 0 Å². The molecule has 0 bridgehead atoms. The molecule has 0 aliphatic carbocycles. The number of hydrogen-bond acceptors (Lipinski definition) is 3. The quantitative estimate of drug-likeness (QED) is 0.813. The molecule has 0 aliphatic rings. The molecule has 0 aliphatic heterocycles. The Labute approximate surface area is 132 Å². The topological polar surface area (TPSA) is 26.3 Å². The molecule has 0 heterocycles. The molecular formula is C17H18O2S2. The molecule has 0 N–H and O–H groups in total. The summed E-state index contributed by atoms with van der Waals surface area (Å²) in [5.41, 5.74) is 2.18. The fourth-order valence-electron chi connectivity index (χ4n) is 1.80. The van der Waals surface area contributed by atoms with Crippen LogP contribution in [0.3, 0.4) is 0 Å². The molecule has 0 amide bonds. The largest absolute Gasteiger partial charge is 0.497 e. The van der Waals surface area contributed by atoms with E-state index in [9.17, 15) is 4.21 Å². The van der Waals surface area contributed by atoms with Crippen LogP contribution in [0.25, 0.3) is 6.08 Å². The first-order valence-electron chi connectivity index (χ1n) is 6.52. The number of methoxy groups -OCH3 is 1. The van der Waals surface area contributed by atoms with Gasteiger partial charge in [-0.25, -0.2) is 4.21 Å². The minimum Gasteiger partial charge on any atom is -0.497 e. The van der Waals surface area contributed by atoms with Crippen LogP contribution in [-0.2, 0) is 10.8 Å². The number of hydrogen-bond donors (Lipinski definition) is 0. The molecule has 1 atom stereocenters. The van der Waals surface area contributed by atoms with Gasteiger partial charge in [0.1, 0.15) is 5.75 Å². The molecule has 2 nitrogen and oxygen atoms in total. The Morgan fingerprint density at radius 3 is 2.24 bits per heavy atom. The molecule has 0 unspecified atom stereocenters. The van der Waals surface area contributed by atoms with E-state index in [1.807, 2.05) is 67.8 Å². The van der Waals surface area contributed by atoms with Crippen molar-refractivity contribution < 1.29 is 8.95 Å². The Bertz CT molecular complexity index is 643. The van der Waals surface area contributed by atoms with Crippen LogP contribution in [0, 0.1) is 6.92 Å². The molecule has 0 fully saturated rings. The van der Waals surface area contributed by atoms with Gasteiger partial charge in [0.25, 0.3) is 0 Å². The van der Waals surface area contributed by atoms with E-state index >= 15 is 0 Å². The van der Waals surface area contributed by atoms with E-state index in [0.29, 0.717) is 0 Å². The maximum absolute atomic E-state index is 12.6. The van der Waals surface area contributed by atoms with Gasteiger partial charge in [-0.3, -0.25) is 0 Å². The summed E-state index contributed by atoms with van der Waals surface area (Å²) in [4.78, 5) is 0.828. The summed E-state index contributed by atoms with van der Waals surface area (Å²) < 4.78 is 18.6. The van der Waals surface area contributed by atoms with Gasteiger partial charge < -0.3 is 4.74 Å². The van der Waals surface area contributed by atoms with Gasteiger partial charge in [0.05, 0.1) is 22.1 Å². The van der Waals surface area contributed by atoms with E-state index in [2.05, 4.69) is 0 Å². The normalized spacial score (nSPS) is 13.0. The first-order chi connectivity index (χ1) is 10.1. The number of benzene rings is 2. The molecule has 0 spiro atoms. The molecule has 2 aromatic carbocycles. The Morgan fingerprint density at radius 1 is 1.10 bits per heavy atom. The van der Waals surface area contributed by atoms with E-state index in [0.717, 1.165) is 20.4 Å². The maximum atomic E-state index is 12.6. The van der Waals surface area contributed by atoms with Crippen molar-refractivity contribution >= 4 is 28.6 Å². The predicted molar refractivity (Wildman–Crippen MR) is 92.1 cm³/mol. The minimum atomic E-state index is -1.14. The maximum Gasteiger partial charge on any atom is 0.118 e. The fourth-order valence-corrected chi connectivity index (χ4v) is 3.81.